The fourth-order valence-electron chi connectivity index (χ4n) is 5.31. The summed E-state index contributed by atoms with van der Waals surface area (Å²) in [4.78, 5) is 7.00. The van der Waals surface area contributed by atoms with Gasteiger partial charge < -0.3 is 19.5 Å². The lowest BCUT2D eigenvalue weighted by Gasteiger charge is -2.32. The average Bonchev–Trinajstić information content (AvgIpc) is 2.95. The van der Waals surface area contributed by atoms with E-state index in [9.17, 15) is 5.11 Å². The van der Waals surface area contributed by atoms with Crippen molar-refractivity contribution in [1.82, 2.24) is 9.88 Å². The van der Waals surface area contributed by atoms with Gasteiger partial charge in [-0.2, -0.15) is 0 Å². The van der Waals surface area contributed by atoms with Gasteiger partial charge >= 0.3 is 0 Å². The molecule has 5 rings (SSSR count). The average molecular weight is 507 g/mol. The van der Waals surface area contributed by atoms with Gasteiger partial charge in [0.05, 0.1) is 25.3 Å². The Morgan fingerprint density at radius 2 is 1.55 bits per heavy atom. The van der Waals surface area contributed by atoms with E-state index >= 15 is 0 Å². The van der Waals surface area contributed by atoms with Crippen LogP contribution in [-0.4, -0.2) is 49.9 Å². The molecule has 0 aliphatic heterocycles. The molecule has 5 nitrogen and oxygen atoms in total. The molecule has 0 saturated carbocycles. The van der Waals surface area contributed by atoms with Gasteiger partial charge in [-0.05, 0) is 79.6 Å². The van der Waals surface area contributed by atoms with Crippen LogP contribution in [0.3, 0.4) is 0 Å². The van der Waals surface area contributed by atoms with E-state index in [1.54, 1.807) is 14.2 Å². The van der Waals surface area contributed by atoms with Crippen LogP contribution < -0.4 is 9.47 Å². The second-order valence-corrected chi connectivity index (χ2v) is 9.95. The van der Waals surface area contributed by atoms with Crippen molar-refractivity contribution in [2.75, 3.05) is 34.9 Å². The highest BCUT2D eigenvalue weighted by Gasteiger charge is 2.36. The Labute approximate surface area is 224 Å². The van der Waals surface area contributed by atoms with Gasteiger partial charge in [0.25, 0.3) is 0 Å². The van der Waals surface area contributed by atoms with Crippen LogP contribution in [0.1, 0.15) is 24.0 Å². The summed E-state index contributed by atoms with van der Waals surface area (Å²) < 4.78 is 11.4. The fourth-order valence-corrected chi connectivity index (χ4v) is 5.31. The first-order valence-electron chi connectivity index (χ1n) is 12.9. The minimum atomic E-state index is -1.30. The minimum Gasteiger partial charge on any atom is -0.496 e. The Bertz CT molecular complexity index is 1570. The summed E-state index contributed by atoms with van der Waals surface area (Å²) in [7, 11) is 7.40. The number of pyridine rings is 1. The van der Waals surface area contributed by atoms with Crippen molar-refractivity contribution in [1.29, 1.82) is 0 Å². The molecule has 1 aromatic heterocycles. The van der Waals surface area contributed by atoms with Gasteiger partial charge in [0.1, 0.15) is 11.4 Å². The molecule has 5 aromatic rings. The molecule has 0 fully saturated rings. The molecule has 38 heavy (non-hydrogen) atoms. The third-order valence-corrected chi connectivity index (χ3v) is 7.22. The quantitative estimate of drug-likeness (QED) is 0.243. The molecule has 1 N–H and O–H groups in total. The summed E-state index contributed by atoms with van der Waals surface area (Å²) in [6.45, 7) is 0.856. The molecule has 1 unspecified atom stereocenters. The number of ether oxygens (including phenoxy) is 2. The molecular formula is C33H34N2O3. The molecule has 0 amide bonds. The summed E-state index contributed by atoms with van der Waals surface area (Å²) in [5.74, 6) is 1.24. The van der Waals surface area contributed by atoms with Gasteiger partial charge in [0.15, 0.2) is 0 Å². The van der Waals surface area contributed by atoms with E-state index in [1.165, 1.54) is 0 Å². The molecule has 0 spiro atoms. The first-order chi connectivity index (χ1) is 18.4. The van der Waals surface area contributed by atoms with Gasteiger partial charge in [-0.15, -0.1) is 0 Å². The van der Waals surface area contributed by atoms with Crippen molar-refractivity contribution in [3.8, 4) is 22.8 Å². The summed E-state index contributed by atoms with van der Waals surface area (Å²) in [5.41, 5.74) is 3.05. The Hall–Kier alpha value is -3.93. The number of hydrogen-bond donors (Lipinski definition) is 1. The van der Waals surface area contributed by atoms with E-state index in [0.717, 1.165) is 57.1 Å². The van der Waals surface area contributed by atoms with Crippen LogP contribution in [-0.2, 0) is 5.60 Å². The monoisotopic (exact) mass is 506 g/mol. The highest BCUT2D eigenvalue weighted by molar-refractivity contribution is 5.89. The highest BCUT2D eigenvalue weighted by atomic mass is 16.5. The minimum absolute atomic E-state index is 0.433. The Morgan fingerprint density at radius 1 is 0.789 bits per heavy atom. The number of rotatable bonds is 9. The van der Waals surface area contributed by atoms with Crippen LogP contribution in [0.25, 0.3) is 32.8 Å². The van der Waals surface area contributed by atoms with E-state index < -0.39 is 5.60 Å². The van der Waals surface area contributed by atoms with Gasteiger partial charge in [0.2, 0.25) is 5.88 Å². The van der Waals surface area contributed by atoms with Gasteiger partial charge in [-0.3, -0.25) is 0 Å². The van der Waals surface area contributed by atoms with E-state index in [4.69, 9.17) is 14.5 Å². The summed E-state index contributed by atoms with van der Waals surface area (Å²) in [6.07, 6.45) is 1.32. The predicted octanol–water partition coefficient (Wildman–Crippen LogP) is 6.65. The number of aromatic nitrogens is 1. The van der Waals surface area contributed by atoms with Gasteiger partial charge in [-0.25, -0.2) is 4.98 Å². The second-order valence-electron chi connectivity index (χ2n) is 9.95. The zero-order valence-electron chi connectivity index (χ0n) is 22.4. The first kappa shape index (κ1) is 25.7. The normalized spacial score (nSPS) is 13.1. The maximum Gasteiger partial charge on any atom is 0.220 e. The van der Waals surface area contributed by atoms with Crippen LogP contribution in [0, 0.1) is 0 Å². The molecular weight excluding hydrogens is 472 g/mol. The molecule has 0 aliphatic carbocycles. The maximum atomic E-state index is 12.6. The number of hydrogen-bond acceptors (Lipinski definition) is 5. The second kappa shape index (κ2) is 10.8. The number of para-hydroxylation sites is 1. The van der Waals surface area contributed by atoms with Gasteiger partial charge in [-0.1, -0.05) is 66.7 Å². The van der Waals surface area contributed by atoms with Crippen molar-refractivity contribution < 1.29 is 14.6 Å². The summed E-state index contributed by atoms with van der Waals surface area (Å²) >= 11 is 0. The number of benzene rings is 4. The molecule has 0 bridgehead atoms. The molecule has 1 atom stereocenters. The third kappa shape index (κ3) is 4.83. The van der Waals surface area contributed by atoms with E-state index in [0.29, 0.717) is 17.9 Å². The lowest BCUT2D eigenvalue weighted by Crippen LogP contribution is -2.30. The van der Waals surface area contributed by atoms with Crippen molar-refractivity contribution in [2.45, 2.75) is 18.4 Å². The summed E-state index contributed by atoms with van der Waals surface area (Å²) in [6, 6.07) is 30.4. The number of methoxy groups -OCH3 is 2. The molecule has 0 radical (unpaired) electrons. The standard InChI is InChI=1S/C33H34N2O3/c1-35(2)20-10-19-33(36,28-15-9-12-23-11-5-6-13-26(23)28)29-22-25-21-24(17-18-30(25)34-32(29)38-4)27-14-7-8-16-31(27)37-3/h5-9,11-18,21-22,36H,10,19-20H2,1-4H3. The van der Waals surface area contributed by atoms with Crippen LogP contribution in [0.2, 0.25) is 0 Å². The number of nitrogens with zero attached hydrogens (tertiary/aromatic N) is 2. The van der Waals surface area contributed by atoms with E-state index in [1.807, 2.05) is 66.7 Å². The fraction of sp³-hybridized carbons (Fsp3) is 0.242. The topological polar surface area (TPSA) is 54.8 Å². The van der Waals surface area contributed by atoms with Crippen LogP contribution in [0.4, 0.5) is 0 Å². The molecule has 194 valence electrons. The highest BCUT2D eigenvalue weighted by Crippen LogP contribution is 2.43. The first-order valence-corrected chi connectivity index (χ1v) is 12.9. The van der Waals surface area contributed by atoms with E-state index in [2.05, 4.69) is 43.3 Å². The van der Waals surface area contributed by atoms with Crippen LogP contribution >= 0.6 is 0 Å². The molecule has 0 aliphatic rings. The zero-order valence-corrected chi connectivity index (χ0v) is 22.4. The molecule has 1 heterocycles. The van der Waals surface area contributed by atoms with Crippen LogP contribution in [0.5, 0.6) is 11.6 Å². The number of fused-ring (bicyclic) bond motifs is 2. The lowest BCUT2D eigenvalue weighted by atomic mass is 9.80. The smallest absolute Gasteiger partial charge is 0.220 e. The van der Waals surface area contributed by atoms with Crippen molar-refractivity contribution in [3.63, 3.8) is 0 Å². The lowest BCUT2D eigenvalue weighted by molar-refractivity contribution is 0.0648. The number of aliphatic hydroxyl groups is 1. The van der Waals surface area contributed by atoms with E-state index in [-0.39, 0.29) is 0 Å². The zero-order chi connectivity index (χ0) is 26.7. The van der Waals surface area contributed by atoms with Gasteiger partial charge in [0, 0.05) is 10.9 Å². The predicted molar refractivity (Wildman–Crippen MR) is 155 cm³/mol. The molecule has 5 heteroatoms. The Balaban J connectivity index is 1.72. The maximum absolute atomic E-state index is 12.6. The molecule has 0 saturated heterocycles. The summed E-state index contributed by atoms with van der Waals surface area (Å²) in [5, 5.41) is 15.7. The Kier molecular flexibility index (Phi) is 7.32. The SMILES string of the molecule is COc1ccccc1-c1ccc2nc(OC)c(C(O)(CCCN(C)C)c3cccc4ccccc34)cc2c1. The third-order valence-electron chi connectivity index (χ3n) is 7.22. The van der Waals surface area contributed by atoms with Crippen molar-refractivity contribution in [3.05, 3.63) is 102 Å². The van der Waals surface area contributed by atoms with Crippen molar-refractivity contribution in [2.24, 2.45) is 0 Å². The van der Waals surface area contributed by atoms with Crippen molar-refractivity contribution >= 4 is 21.7 Å². The Morgan fingerprint density at radius 3 is 2.34 bits per heavy atom. The van der Waals surface area contributed by atoms with Crippen LogP contribution in [0.15, 0.2) is 91.0 Å². The molecule has 4 aromatic carbocycles. The largest absolute Gasteiger partial charge is 0.496 e.